The topological polar surface area (TPSA) is 66.4 Å². The SMILES string of the molecule is CCCc1nnsc1C(=O)N1C[C@H]2CC[C@@H](C1)N(CC=C(C)C)C2=O. The normalized spacial score (nSPS) is 22.9. The van der Waals surface area contributed by atoms with Crippen LogP contribution in [0.5, 0.6) is 0 Å². The zero-order valence-corrected chi connectivity index (χ0v) is 16.0. The van der Waals surface area contributed by atoms with E-state index in [0.29, 0.717) is 24.5 Å². The number of hydrogen-bond acceptors (Lipinski definition) is 5. The van der Waals surface area contributed by atoms with Crippen molar-refractivity contribution >= 4 is 23.3 Å². The number of amides is 2. The van der Waals surface area contributed by atoms with E-state index in [-0.39, 0.29) is 23.8 Å². The Morgan fingerprint density at radius 2 is 2.12 bits per heavy atom. The molecule has 2 amide bonds. The molecule has 7 heteroatoms. The molecule has 0 saturated carbocycles. The van der Waals surface area contributed by atoms with E-state index in [9.17, 15) is 9.59 Å². The van der Waals surface area contributed by atoms with Gasteiger partial charge in [-0.1, -0.05) is 29.5 Å². The smallest absolute Gasteiger partial charge is 0.267 e. The second-order valence-electron chi connectivity index (χ2n) is 7.21. The fourth-order valence-electron chi connectivity index (χ4n) is 3.64. The lowest BCUT2D eigenvalue weighted by molar-refractivity contribution is -0.139. The van der Waals surface area contributed by atoms with E-state index >= 15 is 0 Å². The molecule has 3 saturated heterocycles. The zero-order valence-electron chi connectivity index (χ0n) is 15.2. The lowest BCUT2D eigenvalue weighted by Crippen LogP contribution is -2.48. The maximum Gasteiger partial charge on any atom is 0.267 e. The van der Waals surface area contributed by atoms with Crippen molar-refractivity contribution in [2.24, 2.45) is 5.92 Å². The molecule has 1 aromatic rings. The van der Waals surface area contributed by atoms with Gasteiger partial charge in [0, 0.05) is 25.7 Å². The Bertz CT molecular complexity index is 680. The van der Waals surface area contributed by atoms with E-state index < -0.39 is 0 Å². The average molecular weight is 362 g/mol. The monoisotopic (exact) mass is 362 g/mol. The number of rotatable bonds is 5. The summed E-state index contributed by atoms with van der Waals surface area (Å²) < 4.78 is 3.97. The molecule has 2 atom stereocenters. The van der Waals surface area contributed by atoms with Crippen LogP contribution >= 0.6 is 11.5 Å². The van der Waals surface area contributed by atoms with Gasteiger partial charge >= 0.3 is 0 Å². The predicted molar refractivity (Wildman–Crippen MR) is 97.5 cm³/mol. The molecule has 3 aliphatic heterocycles. The molecule has 0 radical (unpaired) electrons. The van der Waals surface area contributed by atoms with E-state index in [2.05, 4.69) is 22.6 Å². The lowest BCUT2D eigenvalue weighted by atomic mass is 9.94. The Labute approximate surface area is 153 Å². The van der Waals surface area contributed by atoms with Gasteiger partial charge in [0.1, 0.15) is 4.88 Å². The summed E-state index contributed by atoms with van der Waals surface area (Å²) >= 11 is 1.18. The van der Waals surface area contributed by atoms with E-state index in [1.165, 1.54) is 17.1 Å². The third-order valence-corrected chi connectivity index (χ3v) is 5.77. The minimum Gasteiger partial charge on any atom is -0.335 e. The summed E-state index contributed by atoms with van der Waals surface area (Å²) in [6.07, 6.45) is 5.65. The first-order chi connectivity index (χ1) is 12.0. The van der Waals surface area contributed by atoms with E-state index in [1.807, 2.05) is 23.6 Å². The van der Waals surface area contributed by atoms with Crippen molar-refractivity contribution in [3.63, 3.8) is 0 Å². The fraction of sp³-hybridized carbons (Fsp3) is 0.667. The first-order valence-electron chi connectivity index (χ1n) is 9.05. The molecule has 1 aromatic heterocycles. The molecule has 25 heavy (non-hydrogen) atoms. The molecule has 136 valence electrons. The summed E-state index contributed by atoms with van der Waals surface area (Å²) in [5.41, 5.74) is 2.00. The van der Waals surface area contributed by atoms with E-state index in [0.717, 1.165) is 31.4 Å². The highest BCUT2D eigenvalue weighted by Gasteiger charge is 2.42. The van der Waals surface area contributed by atoms with Crippen LogP contribution in [-0.2, 0) is 11.2 Å². The molecule has 0 N–H and O–H groups in total. The Morgan fingerprint density at radius 3 is 2.84 bits per heavy atom. The summed E-state index contributed by atoms with van der Waals surface area (Å²) in [6.45, 7) is 7.93. The van der Waals surface area contributed by atoms with Gasteiger partial charge in [0.25, 0.3) is 5.91 Å². The van der Waals surface area contributed by atoms with Gasteiger partial charge in [-0.3, -0.25) is 9.59 Å². The number of allylic oxidation sites excluding steroid dienone is 1. The van der Waals surface area contributed by atoms with Gasteiger partial charge in [0.15, 0.2) is 0 Å². The fourth-order valence-corrected chi connectivity index (χ4v) is 4.32. The Morgan fingerprint density at radius 1 is 1.32 bits per heavy atom. The van der Waals surface area contributed by atoms with Gasteiger partial charge < -0.3 is 9.80 Å². The number of carbonyl (C=O) groups is 2. The van der Waals surface area contributed by atoms with Crippen molar-refractivity contribution in [2.45, 2.75) is 52.5 Å². The van der Waals surface area contributed by atoms with Crippen LogP contribution in [0, 0.1) is 5.92 Å². The van der Waals surface area contributed by atoms with Crippen molar-refractivity contribution in [3.05, 3.63) is 22.2 Å². The molecular weight excluding hydrogens is 336 g/mol. The summed E-state index contributed by atoms with van der Waals surface area (Å²) in [5.74, 6) is 0.108. The number of fused-ring (bicyclic) bond motifs is 4. The molecule has 0 unspecified atom stereocenters. The Hall–Kier alpha value is -1.76. The van der Waals surface area contributed by atoms with Crippen LogP contribution in [0.3, 0.4) is 0 Å². The molecule has 0 spiro atoms. The Kier molecular flexibility index (Phi) is 5.51. The van der Waals surface area contributed by atoms with Gasteiger partial charge in [-0.25, -0.2) is 0 Å². The average Bonchev–Trinajstić information content (AvgIpc) is 2.86. The predicted octanol–water partition coefficient (Wildman–Crippen LogP) is 2.52. The highest BCUT2D eigenvalue weighted by atomic mass is 32.1. The number of aromatic nitrogens is 2. The highest BCUT2D eigenvalue weighted by Crippen LogP contribution is 2.30. The molecule has 2 bridgehead atoms. The number of piperidine rings is 1. The van der Waals surface area contributed by atoms with Crippen LogP contribution < -0.4 is 0 Å². The van der Waals surface area contributed by atoms with Crippen LogP contribution in [0.25, 0.3) is 0 Å². The molecular formula is C18H26N4O2S. The largest absolute Gasteiger partial charge is 0.335 e. The molecule has 6 nitrogen and oxygen atoms in total. The molecule has 4 heterocycles. The summed E-state index contributed by atoms with van der Waals surface area (Å²) in [7, 11) is 0. The van der Waals surface area contributed by atoms with Gasteiger partial charge in [-0.15, -0.1) is 5.10 Å². The molecule has 0 aliphatic carbocycles. The molecule has 4 rings (SSSR count). The third-order valence-electron chi connectivity index (χ3n) is 5.01. The first-order valence-corrected chi connectivity index (χ1v) is 9.83. The quantitative estimate of drug-likeness (QED) is 0.755. The second-order valence-corrected chi connectivity index (χ2v) is 7.96. The Balaban J connectivity index is 1.79. The number of hydrogen-bond donors (Lipinski definition) is 0. The maximum atomic E-state index is 13.0. The zero-order chi connectivity index (χ0) is 18.0. The van der Waals surface area contributed by atoms with Crippen LogP contribution in [0.1, 0.15) is 55.4 Å². The lowest BCUT2D eigenvalue weighted by Gasteiger charge is -2.35. The van der Waals surface area contributed by atoms with E-state index in [4.69, 9.17) is 0 Å². The highest BCUT2D eigenvalue weighted by molar-refractivity contribution is 7.08. The van der Waals surface area contributed by atoms with Gasteiger partial charge in [0.05, 0.1) is 11.6 Å². The first kappa shape index (κ1) is 18.0. The number of carbonyl (C=O) groups excluding carboxylic acids is 2. The van der Waals surface area contributed by atoms with E-state index in [1.54, 1.807) is 0 Å². The molecule has 0 aromatic carbocycles. The molecule has 3 fully saturated rings. The van der Waals surface area contributed by atoms with Crippen molar-refractivity contribution in [1.29, 1.82) is 0 Å². The van der Waals surface area contributed by atoms with Gasteiger partial charge in [0.2, 0.25) is 5.91 Å². The maximum absolute atomic E-state index is 13.0. The van der Waals surface area contributed by atoms with Gasteiger partial charge in [-0.2, -0.15) is 0 Å². The van der Waals surface area contributed by atoms with Crippen LogP contribution in [0.2, 0.25) is 0 Å². The standard InChI is InChI=1S/C18H26N4O2S/c1-4-5-15-16(25-20-19-15)18(24)21-10-13-6-7-14(11-21)22(17(13)23)9-8-12(2)3/h8,13-14H,4-7,9-11H2,1-3H3/t13-,14+/m1/s1. The van der Waals surface area contributed by atoms with Gasteiger partial charge in [-0.05, 0) is 44.6 Å². The van der Waals surface area contributed by atoms with Crippen LogP contribution in [-0.4, -0.2) is 56.9 Å². The van der Waals surface area contributed by atoms with Crippen LogP contribution in [0.15, 0.2) is 11.6 Å². The minimum absolute atomic E-state index is 0.00721. The third kappa shape index (κ3) is 3.76. The summed E-state index contributed by atoms with van der Waals surface area (Å²) in [6, 6.07) is 0.112. The summed E-state index contributed by atoms with van der Waals surface area (Å²) in [4.78, 5) is 30.3. The van der Waals surface area contributed by atoms with Crippen LogP contribution in [0.4, 0.5) is 0 Å². The number of nitrogens with zero attached hydrogens (tertiary/aromatic N) is 4. The second kappa shape index (κ2) is 7.64. The molecule has 3 aliphatic rings. The van der Waals surface area contributed by atoms with Crippen molar-refractivity contribution < 1.29 is 9.59 Å². The van der Waals surface area contributed by atoms with Crippen molar-refractivity contribution in [2.75, 3.05) is 19.6 Å². The van der Waals surface area contributed by atoms with Crippen molar-refractivity contribution in [1.82, 2.24) is 19.4 Å². The number of aryl methyl sites for hydroxylation is 1. The van der Waals surface area contributed by atoms with Crippen molar-refractivity contribution in [3.8, 4) is 0 Å². The summed E-state index contributed by atoms with van der Waals surface area (Å²) in [5, 5.41) is 4.11. The minimum atomic E-state index is -0.0798.